The van der Waals surface area contributed by atoms with Gasteiger partial charge in [0.2, 0.25) is 0 Å². The molecule has 0 aliphatic heterocycles. The van der Waals surface area contributed by atoms with Crippen LogP contribution in [0.15, 0.2) is 40.9 Å². The zero-order chi connectivity index (χ0) is 27.3. The Balaban J connectivity index is 1.77. The van der Waals surface area contributed by atoms with E-state index in [1.165, 1.54) is 128 Å². The molecule has 2 aromatic carbocycles. The maximum atomic E-state index is 13.1. The standard InChI is InChI=1S/C35H55BrO2/c1-3-5-7-9-11-13-14-16-18-20-24-30(23-19-17-15-12-10-8-6-4-2)29-38-35(37)33-27-28-34(36)32-26-22-21-25-31(32)33/h21-22,25-28,30H,3-20,23-24,29H2,1-2H3. The largest absolute Gasteiger partial charge is 0.462 e. The Morgan fingerprint density at radius 3 is 1.58 bits per heavy atom. The van der Waals surface area contributed by atoms with Crippen molar-refractivity contribution in [3.05, 3.63) is 46.4 Å². The van der Waals surface area contributed by atoms with Gasteiger partial charge in [0.15, 0.2) is 0 Å². The lowest BCUT2D eigenvalue weighted by atomic mass is 9.94. The van der Waals surface area contributed by atoms with Crippen molar-refractivity contribution < 1.29 is 9.53 Å². The predicted molar refractivity (Wildman–Crippen MR) is 169 cm³/mol. The van der Waals surface area contributed by atoms with Gasteiger partial charge in [0, 0.05) is 4.47 Å². The lowest BCUT2D eigenvalue weighted by Crippen LogP contribution is -2.15. The van der Waals surface area contributed by atoms with E-state index in [1.54, 1.807) is 0 Å². The number of hydrogen-bond acceptors (Lipinski definition) is 2. The molecule has 0 saturated carbocycles. The van der Waals surface area contributed by atoms with Crippen molar-refractivity contribution in [1.29, 1.82) is 0 Å². The molecule has 0 spiro atoms. The summed E-state index contributed by atoms with van der Waals surface area (Å²) >= 11 is 3.61. The average Bonchev–Trinajstić information content (AvgIpc) is 2.93. The number of carbonyl (C=O) groups excluding carboxylic acids is 1. The van der Waals surface area contributed by atoms with Crippen molar-refractivity contribution in [2.45, 2.75) is 142 Å². The molecule has 0 fully saturated rings. The summed E-state index contributed by atoms with van der Waals surface area (Å²) in [6.07, 6.45) is 26.7. The Bertz CT molecular complexity index is 877. The number of fused-ring (bicyclic) bond motifs is 1. The number of ether oxygens (including phenoxy) is 1. The Morgan fingerprint density at radius 2 is 1.08 bits per heavy atom. The number of esters is 1. The highest BCUT2D eigenvalue weighted by molar-refractivity contribution is 9.10. The number of benzene rings is 2. The van der Waals surface area contributed by atoms with Gasteiger partial charge < -0.3 is 4.74 Å². The Morgan fingerprint density at radius 1 is 0.632 bits per heavy atom. The van der Waals surface area contributed by atoms with Crippen LogP contribution in [0.25, 0.3) is 10.8 Å². The van der Waals surface area contributed by atoms with Crippen LogP contribution in [0.5, 0.6) is 0 Å². The summed E-state index contributed by atoms with van der Waals surface area (Å²) < 4.78 is 6.96. The van der Waals surface area contributed by atoms with Gasteiger partial charge in [-0.25, -0.2) is 4.79 Å². The quantitative estimate of drug-likeness (QED) is 0.0955. The second kappa shape index (κ2) is 21.5. The van der Waals surface area contributed by atoms with Gasteiger partial charge in [-0.2, -0.15) is 0 Å². The molecule has 0 saturated heterocycles. The van der Waals surface area contributed by atoms with E-state index in [-0.39, 0.29) is 5.97 Å². The van der Waals surface area contributed by atoms with E-state index < -0.39 is 0 Å². The van der Waals surface area contributed by atoms with Crippen molar-refractivity contribution >= 4 is 32.7 Å². The van der Waals surface area contributed by atoms with Crippen LogP contribution in [-0.2, 0) is 4.74 Å². The molecule has 1 atom stereocenters. The van der Waals surface area contributed by atoms with Gasteiger partial charge in [-0.3, -0.25) is 0 Å². The highest BCUT2D eigenvalue weighted by Gasteiger charge is 2.16. The fourth-order valence-corrected chi connectivity index (χ4v) is 5.99. The number of unbranched alkanes of at least 4 members (excludes halogenated alkanes) is 16. The molecule has 2 nitrogen and oxygen atoms in total. The predicted octanol–water partition coefficient (Wildman–Crippen LogP) is 12.2. The van der Waals surface area contributed by atoms with Gasteiger partial charge >= 0.3 is 5.97 Å². The van der Waals surface area contributed by atoms with E-state index in [4.69, 9.17) is 4.74 Å². The maximum absolute atomic E-state index is 13.1. The van der Waals surface area contributed by atoms with Crippen molar-refractivity contribution in [3.63, 3.8) is 0 Å². The van der Waals surface area contributed by atoms with Gasteiger partial charge in [-0.1, -0.05) is 170 Å². The zero-order valence-corrected chi connectivity index (χ0v) is 26.2. The molecule has 0 aromatic heterocycles. The first-order valence-electron chi connectivity index (χ1n) is 16.0. The highest BCUT2D eigenvalue weighted by Crippen LogP contribution is 2.28. The number of hydrogen-bond donors (Lipinski definition) is 0. The van der Waals surface area contributed by atoms with Crippen LogP contribution in [0, 0.1) is 5.92 Å². The molecule has 3 heteroatoms. The maximum Gasteiger partial charge on any atom is 0.338 e. The molecule has 0 radical (unpaired) electrons. The molecule has 1 unspecified atom stereocenters. The summed E-state index contributed by atoms with van der Waals surface area (Å²) in [5, 5.41) is 2.02. The lowest BCUT2D eigenvalue weighted by molar-refractivity contribution is 0.0424. The Labute approximate surface area is 242 Å². The summed E-state index contributed by atoms with van der Waals surface area (Å²) in [6, 6.07) is 11.9. The summed E-state index contributed by atoms with van der Waals surface area (Å²) in [5.41, 5.74) is 0.675. The lowest BCUT2D eigenvalue weighted by Gasteiger charge is -2.18. The molecule has 2 aromatic rings. The first-order chi connectivity index (χ1) is 18.7. The molecule has 0 amide bonds. The SMILES string of the molecule is CCCCCCCCCCCCC(CCCCCCCCCC)COC(=O)c1ccc(Br)c2ccccc12. The molecule has 38 heavy (non-hydrogen) atoms. The Hall–Kier alpha value is -1.35. The monoisotopic (exact) mass is 586 g/mol. The Kier molecular flexibility index (Phi) is 18.6. The van der Waals surface area contributed by atoms with Gasteiger partial charge in [0.05, 0.1) is 12.2 Å². The van der Waals surface area contributed by atoms with E-state index in [1.807, 2.05) is 36.4 Å². The molecular weight excluding hydrogens is 532 g/mol. The number of halogens is 1. The van der Waals surface area contributed by atoms with E-state index in [0.29, 0.717) is 18.1 Å². The van der Waals surface area contributed by atoms with E-state index in [2.05, 4.69) is 29.8 Å². The third-order valence-corrected chi connectivity index (χ3v) is 8.66. The first-order valence-corrected chi connectivity index (χ1v) is 16.8. The molecular formula is C35H55BrO2. The van der Waals surface area contributed by atoms with Crippen LogP contribution in [0.4, 0.5) is 0 Å². The topological polar surface area (TPSA) is 26.3 Å². The van der Waals surface area contributed by atoms with Crippen LogP contribution in [0.1, 0.15) is 153 Å². The smallest absolute Gasteiger partial charge is 0.338 e. The second-order valence-corrected chi connectivity index (χ2v) is 12.2. The molecule has 0 bridgehead atoms. The van der Waals surface area contributed by atoms with Crippen molar-refractivity contribution in [2.75, 3.05) is 6.61 Å². The van der Waals surface area contributed by atoms with Crippen molar-refractivity contribution in [2.24, 2.45) is 5.92 Å². The first kappa shape index (κ1) is 32.9. The van der Waals surface area contributed by atoms with Gasteiger partial charge in [-0.05, 0) is 41.7 Å². The molecule has 0 aliphatic carbocycles. The van der Waals surface area contributed by atoms with Crippen LogP contribution < -0.4 is 0 Å². The van der Waals surface area contributed by atoms with Crippen LogP contribution in [0.2, 0.25) is 0 Å². The number of carbonyl (C=O) groups is 1. The van der Waals surface area contributed by atoms with Crippen molar-refractivity contribution in [1.82, 2.24) is 0 Å². The van der Waals surface area contributed by atoms with Crippen LogP contribution in [-0.4, -0.2) is 12.6 Å². The normalized spacial score (nSPS) is 12.2. The summed E-state index contributed by atoms with van der Waals surface area (Å²) in [4.78, 5) is 13.1. The minimum atomic E-state index is -0.183. The van der Waals surface area contributed by atoms with Gasteiger partial charge in [-0.15, -0.1) is 0 Å². The summed E-state index contributed by atoms with van der Waals surface area (Å²) in [7, 11) is 0. The number of rotatable bonds is 23. The highest BCUT2D eigenvalue weighted by atomic mass is 79.9. The minimum Gasteiger partial charge on any atom is -0.462 e. The third-order valence-electron chi connectivity index (χ3n) is 7.97. The summed E-state index contributed by atoms with van der Waals surface area (Å²) in [6.45, 7) is 5.11. The van der Waals surface area contributed by atoms with Crippen LogP contribution >= 0.6 is 15.9 Å². The third kappa shape index (κ3) is 13.6. The average molecular weight is 588 g/mol. The molecule has 214 valence electrons. The molecule has 0 aliphatic rings. The zero-order valence-electron chi connectivity index (χ0n) is 24.6. The molecule has 0 N–H and O–H groups in total. The minimum absolute atomic E-state index is 0.183. The second-order valence-electron chi connectivity index (χ2n) is 11.3. The van der Waals surface area contributed by atoms with E-state index in [0.717, 1.165) is 15.2 Å². The summed E-state index contributed by atoms with van der Waals surface area (Å²) in [5.74, 6) is 0.299. The fourth-order valence-electron chi connectivity index (χ4n) is 5.51. The van der Waals surface area contributed by atoms with Crippen molar-refractivity contribution in [3.8, 4) is 0 Å². The van der Waals surface area contributed by atoms with Gasteiger partial charge in [0.25, 0.3) is 0 Å². The molecule has 0 heterocycles. The fraction of sp³-hybridized carbons (Fsp3) is 0.686. The van der Waals surface area contributed by atoms with E-state index >= 15 is 0 Å². The molecule has 2 rings (SSSR count). The van der Waals surface area contributed by atoms with Gasteiger partial charge in [0.1, 0.15) is 0 Å². The van der Waals surface area contributed by atoms with E-state index in [9.17, 15) is 4.79 Å². The van der Waals surface area contributed by atoms with Crippen LogP contribution in [0.3, 0.4) is 0 Å².